The van der Waals surface area contributed by atoms with E-state index in [1.165, 1.54) is 37.8 Å². The average Bonchev–Trinajstić information content (AvgIpc) is 2.24. The Labute approximate surface area is 105 Å². The van der Waals surface area contributed by atoms with Gasteiger partial charge >= 0.3 is 0 Å². The molecule has 1 aromatic carbocycles. The molecule has 0 saturated heterocycles. The number of hydrogen-bond donors (Lipinski definition) is 1. The summed E-state index contributed by atoms with van der Waals surface area (Å²) in [7, 11) is 2.26. The van der Waals surface area contributed by atoms with Gasteiger partial charge in [0.2, 0.25) is 0 Å². The summed E-state index contributed by atoms with van der Waals surface area (Å²) in [6.45, 7) is 3.51. The van der Waals surface area contributed by atoms with Gasteiger partial charge < -0.3 is 10.6 Å². The van der Waals surface area contributed by atoms with Crippen molar-refractivity contribution >= 4 is 5.69 Å². The highest BCUT2D eigenvalue weighted by molar-refractivity contribution is 5.40. The summed E-state index contributed by atoms with van der Waals surface area (Å²) in [5.41, 5.74) is 7.96. The van der Waals surface area contributed by atoms with E-state index < -0.39 is 0 Å². The zero-order chi connectivity index (χ0) is 12.3. The van der Waals surface area contributed by atoms with Crippen LogP contribution >= 0.6 is 0 Å². The van der Waals surface area contributed by atoms with E-state index in [1.807, 2.05) is 12.1 Å². The Balaban J connectivity index is 1.80. The van der Waals surface area contributed by atoms with Crippen LogP contribution in [0.3, 0.4) is 0 Å². The van der Waals surface area contributed by atoms with Crippen LogP contribution in [0.5, 0.6) is 0 Å². The minimum Gasteiger partial charge on any atom is -0.399 e. The third-order valence-electron chi connectivity index (χ3n) is 4.12. The summed E-state index contributed by atoms with van der Waals surface area (Å²) in [5, 5.41) is 0. The zero-order valence-electron chi connectivity index (χ0n) is 11.0. The van der Waals surface area contributed by atoms with E-state index in [1.54, 1.807) is 0 Å². The fourth-order valence-electron chi connectivity index (χ4n) is 2.40. The van der Waals surface area contributed by atoms with E-state index in [4.69, 9.17) is 5.73 Å². The van der Waals surface area contributed by atoms with Crippen LogP contribution < -0.4 is 5.73 Å². The zero-order valence-corrected chi connectivity index (χ0v) is 11.0. The first-order valence-corrected chi connectivity index (χ1v) is 6.72. The topological polar surface area (TPSA) is 29.3 Å². The van der Waals surface area contributed by atoms with Crippen molar-refractivity contribution in [3.8, 4) is 0 Å². The summed E-state index contributed by atoms with van der Waals surface area (Å²) in [6, 6.07) is 9.17. The molecule has 0 heterocycles. The second-order valence-corrected chi connectivity index (χ2v) is 5.42. The molecule has 94 valence electrons. The Kier molecular flexibility index (Phi) is 4.06. The first kappa shape index (κ1) is 12.4. The number of rotatable bonds is 5. The lowest BCUT2D eigenvalue weighted by Crippen LogP contribution is -2.37. The molecule has 1 aliphatic rings. The van der Waals surface area contributed by atoms with Crippen molar-refractivity contribution < 1.29 is 0 Å². The highest BCUT2D eigenvalue weighted by Gasteiger charge is 2.21. The standard InChI is InChI=1S/C15H24N2/c1-12(13-6-8-14(16)9-7-13)10-11-17(2)15-4-3-5-15/h6-9,12,15H,3-5,10-11,16H2,1-2H3. The minimum atomic E-state index is 0.623. The van der Waals surface area contributed by atoms with Gasteiger partial charge in [0, 0.05) is 11.7 Å². The van der Waals surface area contributed by atoms with Crippen molar-refractivity contribution in [2.24, 2.45) is 0 Å². The van der Waals surface area contributed by atoms with Crippen LogP contribution in [-0.4, -0.2) is 24.5 Å². The van der Waals surface area contributed by atoms with Gasteiger partial charge in [0.1, 0.15) is 0 Å². The lowest BCUT2D eigenvalue weighted by molar-refractivity contribution is 0.156. The second-order valence-electron chi connectivity index (χ2n) is 5.42. The van der Waals surface area contributed by atoms with E-state index >= 15 is 0 Å². The number of anilines is 1. The maximum Gasteiger partial charge on any atom is 0.0314 e. The summed E-state index contributed by atoms with van der Waals surface area (Å²) in [4.78, 5) is 2.53. The van der Waals surface area contributed by atoms with Crippen LogP contribution in [0, 0.1) is 0 Å². The fourth-order valence-corrected chi connectivity index (χ4v) is 2.40. The maximum absolute atomic E-state index is 5.71. The maximum atomic E-state index is 5.71. The van der Waals surface area contributed by atoms with Crippen molar-refractivity contribution in [1.82, 2.24) is 4.90 Å². The van der Waals surface area contributed by atoms with Gasteiger partial charge in [0.05, 0.1) is 0 Å². The van der Waals surface area contributed by atoms with Crippen LogP contribution in [0.2, 0.25) is 0 Å². The van der Waals surface area contributed by atoms with Gasteiger partial charge in [-0.15, -0.1) is 0 Å². The van der Waals surface area contributed by atoms with E-state index in [0.717, 1.165) is 11.7 Å². The predicted octanol–water partition coefficient (Wildman–Crippen LogP) is 3.25. The molecule has 17 heavy (non-hydrogen) atoms. The van der Waals surface area contributed by atoms with Crippen molar-refractivity contribution in [2.75, 3.05) is 19.3 Å². The Morgan fingerprint density at radius 3 is 2.47 bits per heavy atom. The van der Waals surface area contributed by atoms with E-state index in [0.29, 0.717) is 5.92 Å². The molecule has 1 saturated carbocycles. The lowest BCUT2D eigenvalue weighted by Gasteiger charge is -2.35. The van der Waals surface area contributed by atoms with Gasteiger partial charge in [-0.1, -0.05) is 25.5 Å². The van der Waals surface area contributed by atoms with Gasteiger partial charge in [-0.2, -0.15) is 0 Å². The summed E-state index contributed by atoms with van der Waals surface area (Å²) in [6.07, 6.45) is 5.44. The highest BCUT2D eigenvalue weighted by atomic mass is 15.1. The molecular formula is C15H24N2. The molecule has 2 N–H and O–H groups in total. The number of benzene rings is 1. The van der Waals surface area contributed by atoms with Gasteiger partial charge in [0.15, 0.2) is 0 Å². The molecule has 2 rings (SSSR count). The third kappa shape index (κ3) is 3.22. The van der Waals surface area contributed by atoms with E-state index in [2.05, 4.69) is 31.0 Å². The summed E-state index contributed by atoms with van der Waals surface area (Å²) in [5.74, 6) is 0.623. The SMILES string of the molecule is CC(CCN(C)C1CCC1)c1ccc(N)cc1. The number of nitrogens with zero attached hydrogens (tertiary/aromatic N) is 1. The summed E-state index contributed by atoms with van der Waals surface area (Å²) < 4.78 is 0. The minimum absolute atomic E-state index is 0.623. The smallest absolute Gasteiger partial charge is 0.0314 e. The molecule has 2 nitrogen and oxygen atoms in total. The molecule has 0 aliphatic heterocycles. The van der Waals surface area contributed by atoms with Crippen molar-refractivity contribution in [3.05, 3.63) is 29.8 Å². The Bertz CT molecular complexity index is 340. The number of nitrogens with two attached hydrogens (primary N) is 1. The number of hydrogen-bond acceptors (Lipinski definition) is 2. The average molecular weight is 232 g/mol. The molecule has 1 atom stereocenters. The second kappa shape index (κ2) is 5.54. The molecular weight excluding hydrogens is 208 g/mol. The van der Waals surface area contributed by atoms with Crippen molar-refractivity contribution in [3.63, 3.8) is 0 Å². The highest BCUT2D eigenvalue weighted by Crippen LogP contribution is 2.25. The quantitative estimate of drug-likeness (QED) is 0.790. The molecule has 0 aromatic heterocycles. The van der Waals surface area contributed by atoms with Gasteiger partial charge in [0.25, 0.3) is 0 Å². The van der Waals surface area contributed by atoms with Gasteiger partial charge in [-0.05, 0) is 56.5 Å². The van der Waals surface area contributed by atoms with Crippen molar-refractivity contribution in [2.45, 2.75) is 44.6 Å². The molecule has 0 amide bonds. The van der Waals surface area contributed by atoms with Crippen LogP contribution in [0.1, 0.15) is 44.1 Å². The third-order valence-corrected chi connectivity index (χ3v) is 4.12. The molecule has 1 fully saturated rings. The monoisotopic (exact) mass is 232 g/mol. The van der Waals surface area contributed by atoms with E-state index in [9.17, 15) is 0 Å². The fraction of sp³-hybridized carbons (Fsp3) is 0.600. The van der Waals surface area contributed by atoms with E-state index in [-0.39, 0.29) is 0 Å². The van der Waals surface area contributed by atoms with Crippen molar-refractivity contribution in [1.29, 1.82) is 0 Å². The normalized spacial score (nSPS) is 18.1. The number of nitrogen functional groups attached to an aromatic ring is 1. The molecule has 0 spiro atoms. The van der Waals surface area contributed by atoms with Gasteiger partial charge in [-0.25, -0.2) is 0 Å². The molecule has 0 bridgehead atoms. The Morgan fingerprint density at radius 1 is 1.29 bits per heavy atom. The molecule has 1 aromatic rings. The van der Waals surface area contributed by atoms with Crippen LogP contribution in [0.25, 0.3) is 0 Å². The predicted molar refractivity (Wildman–Crippen MR) is 74.2 cm³/mol. The molecule has 1 aliphatic carbocycles. The Hall–Kier alpha value is -1.02. The Morgan fingerprint density at radius 2 is 1.94 bits per heavy atom. The van der Waals surface area contributed by atoms with Crippen LogP contribution in [0.4, 0.5) is 5.69 Å². The van der Waals surface area contributed by atoms with Crippen LogP contribution in [0.15, 0.2) is 24.3 Å². The largest absolute Gasteiger partial charge is 0.399 e. The molecule has 1 unspecified atom stereocenters. The van der Waals surface area contributed by atoms with Crippen LogP contribution in [-0.2, 0) is 0 Å². The summed E-state index contributed by atoms with van der Waals surface area (Å²) >= 11 is 0. The first-order chi connectivity index (χ1) is 8.16. The lowest BCUT2D eigenvalue weighted by atomic mass is 9.91. The molecule has 2 heteroatoms. The molecule has 0 radical (unpaired) electrons. The van der Waals surface area contributed by atoms with Gasteiger partial charge in [-0.3, -0.25) is 0 Å². The first-order valence-electron chi connectivity index (χ1n) is 6.72.